The van der Waals surface area contributed by atoms with Crippen LogP contribution in [0.25, 0.3) is 0 Å². The third-order valence-corrected chi connectivity index (χ3v) is 4.84. The summed E-state index contributed by atoms with van der Waals surface area (Å²) in [4.78, 5) is 22.8. The molecule has 1 aliphatic rings. The molecule has 120 valence electrons. The second-order valence-electron chi connectivity index (χ2n) is 5.69. The van der Waals surface area contributed by atoms with E-state index in [0.717, 1.165) is 10.0 Å². The van der Waals surface area contributed by atoms with Gasteiger partial charge in [0.15, 0.2) is 0 Å². The molecule has 0 unspecified atom stereocenters. The molecule has 0 radical (unpaired) electrons. The molecule has 0 atom stereocenters. The quantitative estimate of drug-likeness (QED) is 0.834. The van der Waals surface area contributed by atoms with Crippen LogP contribution in [0.2, 0.25) is 0 Å². The lowest BCUT2D eigenvalue weighted by Crippen LogP contribution is -2.38. The number of hydrogen-bond acceptors (Lipinski definition) is 2. The van der Waals surface area contributed by atoms with Crippen molar-refractivity contribution in [3.8, 4) is 0 Å². The number of benzene rings is 1. The van der Waals surface area contributed by atoms with Crippen molar-refractivity contribution in [3.05, 3.63) is 34.1 Å². The standard InChI is InChI=1S/C16H19BrFNO3/c17-14-7-4-12(18)9-11(14)3-8-15(20)19-13-5-1-10(2-6-13)16(21)22/h4,7,9-10,13H,1-3,5-6,8H2,(H,19,20)(H,21,22). The zero-order valence-electron chi connectivity index (χ0n) is 12.1. The molecule has 0 saturated heterocycles. The fourth-order valence-electron chi connectivity index (χ4n) is 2.77. The van der Waals surface area contributed by atoms with Crippen LogP contribution in [0.4, 0.5) is 4.39 Å². The molecule has 0 spiro atoms. The summed E-state index contributed by atoms with van der Waals surface area (Å²) < 4.78 is 14.0. The molecule has 2 rings (SSSR count). The number of nitrogens with one attached hydrogen (secondary N) is 1. The summed E-state index contributed by atoms with van der Waals surface area (Å²) in [5, 5.41) is 11.9. The lowest BCUT2D eigenvalue weighted by molar-refractivity contribution is -0.142. The molecule has 4 nitrogen and oxygen atoms in total. The number of halogens is 2. The first kappa shape index (κ1) is 16.9. The van der Waals surface area contributed by atoms with Crippen LogP contribution >= 0.6 is 15.9 Å². The van der Waals surface area contributed by atoms with Crippen molar-refractivity contribution in [3.63, 3.8) is 0 Å². The molecule has 6 heteroatoms. The first-order chi connectivity index (χ1) is 10.5. The molecule has 0 bridgehead atoms. The molecule has 0 aliphatic heterocycles. The fourth-order valence-corrected chi connectivity index (χ4v) is 3.21. The normalized spacial score (nSPS) is 21.4. The lowest BCUT2D eigenvalue weighted by atomic mass is 9.86. The zero-order chi connectivity index (χ0) is 16.1. The second kappa shape index (κ2) is 7.72. The van der Waals surface area contributed by atoms with Gasteiger partial charge in [-0.1, -0.05) is 15.9 Å². The van der Waals surface area contributed by atoms with E-state index in [0.29, 0.717) is 38.5 Å². The first-order valence-corrected chi connectivity index (χ1v) is 8.21. The van der Waals surface area contributed by atoms with Crippen molar-refractivity contribution in [1.82, 2.24) is 5.32 Å². The summed E-state index contributed by atoms with van der Waals surface area (Å²) >= 11 is 3.35. The highest BCUT2D eigenvalue weighted by Gasteiger charge is 2.26. The summed E-state index contributed by atoms with van der Waals surface area (Å²) in [6.07, 6.45) is 3.37. The van der Waals surface area contributed by atoms with Crippen molar-refractivity contribution < 1.29 is 19.1 Å². The highest BCUT2D eigenvalue weighted by Crippen LogP contribution is 2.24. The highest BCUT2D eigenvalue weighted by molar-refractivity contribution is 9.10. The Balaban J connectivity index is 1.77. The van der Waals surface area contributed by atoms with Crippen LogP contribution < -0.4 is 5.32 Å². The Hall–Kier alpha value is -1.43. The van der Waals surface area contributed by atoms with Gasteiger partial charge < -0.3 is 10.4 Å². The van der Waals surface area contributed by atoms with Crippen molar-refractivity contribution >= 4 is 27.8 Å². The lowest BCUT2D eigenvalue weighted by Gasteiger charge is -2.26. The number of carbonyl (C=O) groups is 2. The van der Waals surface area contributed by atoms with Gasteiger partial charge in [-0.05, 0) is 55.9 Å². The van der Waals surface area contributed by atoms with Crippen molar-refractivity contribution in [1.29, 1.82) is 0 Å². The largest absolute Gasteiger partial charge is 0.481 e. The van der Waals surface area contributed by atoms with E-state index in [9.17, 15) is 14.0 Å². The smallest absolute Gasteiger partial charge is 0.306 e. The van der Waals surface area contributed by atoms with Gasteiger partial charge in [0.25, 0.3) is 0 Å². The van der Waals surface area contributed by atoms with E-state index in [-0.39, 0.29) is 23.7 Å². The van der Waals surface area contributed by atoms with Crippen LogP contribution in [0.1, 0.15) is 37.7 Å². The van der Waals surface area contributed by atoms with Crippen LogP contribution in [-0.2, 0) is 16.0 Å². The molecule has 1 fully saturated rings. The minimum atomic E-state index is -0.749. The average molecular weight is 372 g/mol. The van der Waals surface area contributed by atoms with Gasteiger partial charge >= 0.3 is 5.97 Å². The molecule has 1 aromatic carbocycles. The third-order valence-electron chi connectivity index (χ3n) is 4.07. The Labute approximate surface area is 137 Å². The Bertz CT molecular complexity index is 556. The van der Waals surface area contributed by atoms with E-state index >= 15 is 0 Å². The average Bonchev–Trinajstić information content (AvgIpc) is 2.49. The monoisotopic (exact) mass is 371 g/mol. The number of rotatable bonds is 5. The van der Waals surface area contributed by atoms with E-state index in [1.807, 2.05) is 0 Å². The van der Waals surface area contributed by atoms with Gasteiger partial charge in [-0.25, -0.2) is 4.39 Å². The molecule has 0 heterocycles. The van der Waals surface area contributed by atoms with Crippen LogP contribution in [-0.4, -0.2) is 23.0 Å². The number of carboxylic acids is 1. The molecule has 1 amide bonds. The van der Waals surface area contributed by atoms with E-state index in [1.165, 1.54) is 12.1 Å². The van der Waals surface area contributed by atoms with Crippen molar-refractivity contribution in [2.45, 2.75) is 44.6 Å². The van der Waals surface area contributed by atoms with Crippen LogP contribution in [0.5, 0.6) is 0 Å². The Kier molecular flexibility index (Phi) is 5.94. The summed E-state index contributed by atoms with van der Waals surface area (Å²) in [7, 11) is 0. The number of carbonyl (C=O) groups excluding carboxylic acids is 1. The van der Waals surface area contributed by atoms with E-state index in [4.69, 9.17) is 5.11 Å². The topological polar surface area (TPSA) is 66.4 Å². The number of amides is 1. The summed E-state index contributed by atoms with van der Waals surface area (Å²) in [5.74, 6) is -1.42. The zero-order valence-corrected chi connectivity index (χ0v) is 13.7. The molecule has 2 N–H and O–H groups in total. The predicted octanol–water partition coefficient (Wildman–Crippen LogP) is 3.28. The summed E-state index contributed by atoms with van der Waals surface area (Å²) in [6.45, 7) is 0. The molecule has 1 aliphatic carbocycles. The maximum atomic E-state index is 13.2. The van der Waals surface area contributed by atoms with Crippen LogP contribution in [0.3, 0.4) is 0 Å². The molecular weight excluding hydrogens is 353 g/mol. The van der Waals surface area contributed by atoms with Crippen molar-refractivity contribution in [2.75, 3.05) is 0 Å². The number of aliphatic carboxylic acids is 1. The molecule has 22 heavy (non-hydrogen) atoms. The van der Waals surface area contributed by atoms with Gasteiger partial charge in [0, 0.05) is 16.9 Å². The van der Waals surface area contributed by atoms with Gasteiger partial charge in [-0.3, -0.25) is 9.59 Å². The second-order valence-corrected chi connectivity index (χ2v) is 6.54. The van der Waals surface area contributed by atoms with E-state index in [1.54, 1.807) is 6.07 Å². The molecule has 1 saturated carbocycles. The van der Waals surface area contributed by atoms with E-state index < -0.39 is 5.97 Å². The number of hydrogen-bond donors (Lipinski definition) is 2. The first-order valence-electron chi connectivity index (χ1n) is 7.42. The van der Waals surface area contributed by atoms with Gasteiger partial charge in [0.1, 0.15) is 5.82 Å². The number of carboxylic acid groups (broad SMARTS) is 1. The molecule has 1 aromatic rings. The van der Waals surface area contributed by atoms with Crippen LogP contribution in [0, 0.1) is 11.7 Å². The minimum absolute atomic E-state index is 0.0547. The van der Waals surface area contributed by atoms with Gasteiger partial charge in [0.2, 0.25) is 5.91 Å². The third kappa shape index (κ3) is 4.80. The SMILES string of the molecule is O=C(CCc1cc(F)ccc1Br)NC1CCC(C(=O)O)CC1. The number of aryl methyl sites for hydroxylation is 1. The molecule has 0 aromatic heterocycles. The van der Waals surface area contributed by atoms with Gasteiger partial charge in [-0.15, -0.1) is 0 Å². The highest BCUT2D eigenvalue weighted by atomic mass is 79.9. The Morgan fingerprint density at radius 2 is 1.95 bits per heavy atom. The molecular formula is C16H19BrFNO3. The fraction of sp³-hybridized carbons (Fsp3) is 0.500. The van der Waals surface area contributed by atoms with E-state index in [2.05, 4.69) is 21.2 Å². The summed E-state index contributed by atoms with van der Waals surface area (Å²) in [6, 6.07) is 4.48. The van der Waals surface area contributed by atoms with Gasteiger partial charge in [0.05, 0.1) is 5.92 Å². The van der Waals surface area contributed by atoms with Gasteiger partial charge in [-0.2, -0.15) is 0 Å². The maximum Gasteiger partial charge on any atom is 0.306 e. The minimum Gasteiger partial charge on any atom is -0.481 e. The van der Waals surface area contributed by atoms with Crippen LogP contribution in [0.15, 0.2) is 22.7 Å². The Morgan fingerprint density at radius 1 is 1.27 bits per heavy atom. The Morgan fingerprint density at radius 3 is 2.59 bits per heavy atom. The maximum absolute atomic E-state index is 13.2. The summed E-state index contributed by atoms with van der Waals surface area (Å²) in [5.41, 5.74) is 0.768. The van der Waals surface area contributed by atoms with Crippen molar-refractivity contribution in [2.24, 2.45) is 5.92 Å². The predicted molar refractivity (Wildman–Crippen MR) is 83.9 cm³/mol.